The van der Waals surface area contributed by atoms with Crippen molar-refractivity contribution in [3.05, 3.63) is 160 Å². The van der Waals surface area contributed by atoms with Crippen LogP contribution in [0, 0.1) is 13.8 Å². The molecule has 0 atom stereocenters. The molecule has 236 valence electrons. The Labute approximate surface area is 279 Å². The van der Waals surface area contributed by atoms with Crippen molar-refractivity contribution in [1.29, 1.82) is 0 Å². The molecular weight excluding hydrogens is 574 g/mol. The second-order valence-electron chi connectivity index (χ2n) is 15.0. The van der Waals surface area contributed by atoms with E-state index in [1.165, 1.54) is 33.4 Å². The molecule has 4 nitrogen and oxygen atoms in total. The first-order chi connectivity index (χ1) is 22.4. The van der Waals surface area contributed by atoms with Gasteiger partial charge in [0.05, 0.1) is 22.5 Å². The molecule has 7 rings (SSSR count). The lowest BCUT2D eigenvalue weighted by Gasteiger charge is -2.34. The van der Waals surface area contributed by atoms with Gasteiger partial charge in [-0.15, -0.1) is 0 Å². The Bertz CT molecular complexity index is 2040. The Morgan fingerprint density at radius 2 is 1.23 bits per heavy atom. The third-order valence-corrected chi connectivity index (χ3v) is 9.49. The fraction of sp³-hybridized carbons (Fsp3) is 0.256. The summed E-state index contributed by atoms with van der Waals surface area (Å²) in [4.78, 5) is 5.11. The summed E-state index contributed by atoms with van der Waals surface area (Å²) in [6, 6.07) is 39.2. The minimum atomic E-state index is -0.640. The Hall–Kier alpha value is -4.96. The number of ether oxygens (including phenoxy) is 1. The molecule has 0 radical (unpaired) electrons. The summed E-state index contributed by atoms with van der Waals surface area (Å²) in [7, 11) is 0. The minimum absolute atomic E-state index is 0.0162. The third-order valence-electron chi connectivity index (χ3n) is 9.49. The summed E-state index contributed by atoms with van der Waals surface area (Å²) in [6.07, 6.45) is 1.92. The van der Waals surface area contributed by atoms with Crippen LogP contribution in [-0.4, -0.2) is 14.8 Å². The van der Waals surface area contributed by atoms with E-state index in [4.69, 9.17) is 9.72 Å². The highest BCUT2D eigenvalue weighted by molar-refractivity contribution is 5.86. The Morgan fingerprint density at radius 3 is 1.79 bits per heavy atom. The highest BCUT2D eigenvalue weighted by atomic mass is 16.5. The van der Waals surface area contributed by atoms with Gasteiger partial charge in [-0.05, 0) is 106 Å². The molecule has 0 saturated carbocycles. The number of pyridine rings is 1. The first-order valence-corrected chi connectivity index (χ1v) is 16.5. The van der Waals surface area contributed by atoms with Gasteiger partial charge in [-0.1, -0.05) is 102 Å². The van der Waals surface area contributed by atoms with Crippen molar-refractivity contribution in [2.24, 2.45) is 0 Å². The highest BCUT2D eigenvalue weighted by Gasteiger charge is 2.48. The maximum atomic E-state index is 6.64. The van der Waals surface area contributed by atoms with Crippen molar-refractivity contribution in [2.45, 2.75) is 71.6 Å². The first kappa shape index (κ1) is 30.7. The van der Waals surface area contributed by atoms with Crippen LogP contribution in [0.3, 0.4) is 0 Å². The van der Waals surface area contributed by atoms with Crippen molar-refractivity contribution in [2.75, 3.05) is 0 Å². The molecule has 6 aromatic rings. The van der Waals surface area contributed by atoms with Crippen molar-refractivity contribution < 1.29 is 4.74 Å². The number of aromatic nitrogens is 3. The average molecular weight is 618 g/mol. The van der Waals surface area contributed by atoms with Gasteiger partial charge < -0.3 is 4.74 Å². The van der Waals surface area contributed by atoms with Crippen LogP contribution >= 0.6 is 0 Å². The Balaban J connectivity index is 1.45. The second-order valence-corrected chi connectivity index (χ2v) is 15.0. The number of fused-ring (bicyclic) bond motifs is 3. The van der Waals surface area contributed by atoms with Gasteiger partial charge in [0.25, 0.3) is 0 Å². The SMILES string of the molecule is Cc1cc(C)n(-c2cccc(Oc3cccc(C4(c5ccccn5)c5cc(C(C)(C)C)ccc5-c5ccc(C(C)(C)C)cc54)c3)c2)n1. The van der Waals surface area contributed by atoms with Crippen LogP contribution in [0.15, 0.2) is 115 Å². The predicted molar refractivity (Wildman–Crippen MR) is 192 cm³/mol. The number of rotatable bonds is 5. The molecule has 2 aromatic heterocycles. The zero-order valence-corrected chi connectivity index (χ0v) is 28.7. The van der Waals surface area contributed by atoms with Gasteiger partial charge >= 0.3 is 0 Å². The minimum Gasteiger partial charge on any atom is -0.457 e. The fourth-order valence-corrected chi connectivity index (χ4v) is 7.07. The standard InChI is InChI=1S/C43H43N3O/c1-28-23-29(2)46(45-28)33-14-12-16-35(27-33)47-34-15-11-13-32(24-34)43(40-17-9-10-22-44-40)38-25-30(41(3,4)5)18-20-36(38)37-21-19-31(26-39(37)43)42(6,7)8/h9-27H,1-8H3. The van der Waals surface area contributed by atoms with Crippen LogP contribution < -0.4 is 4.74 Å². The number of hydrogen-bond acceptors (Lipinski definition) is 3. The van der Waals surface area contributed by atoms with Crippen LogP contribution in [0.4, 0.5) is 0 Å². The lowest BCUT2D eigenvalue weighted by molar-refractivity contribution is 0.480. The van der Waals surface area contributed by atoms with E-state index in [9.17, 15) is 0 Å². The number of nitrogens with zero attached hydrogens (tertiary/aromatic N) is 3. The van der Waals surface area contributed by atoms with Crippen LogP contribution in [-0.2, 0) is 16.2 Å². The number of aryl methyl sites for hydroxylation is 2. The molecule has 1 aliphatic carbocycles. The maximum absolute atomic E-state index is 6.64. The monoisotopic (exact) mass is 617 g/mol. The van der Waals surface area contributed by atoms with E-state index < -0.39 is 5.41 Å². The Morgan fingerprint density at radius 1 is 0.617 bits per heavy atom. The smallest absolute Gasteiger partial charge is 0.129 e. The largest absolute Gasteiger partial charge is 0.457 e. The van der Waals surface area contributed by atoms with Crippen LogP contribution in [0.5, 0.6) is 11.5 Å². The van der Waals surface area contributed by atoms with E-state index in [1.54, 1.807) is 0 Å². The topological polar surface area (TPSA) is 39.9 Å². The summed E-state index contributed by atoms with van der Waals surface area (Å²) >= 11 is 0. The predicted octanol–water partition coefficient (Wildman–Crippen LogP) is 10.6. The maximum Gasteiger partial charge on any atom is 0.129 e. The number of benzene rings is 4. The normalized spacial score (nSPS) is 13.7. The van der Waals surface area contributed by atoms with Gasteiger partial charge in [-0.3, -0.25) is 4.98 Å². The van der Waals surface area contributed by atoms with Crippen molar-refractivity contribution in [1.82, 2.24) is 14.8 Å². The van der Waals surface area contributed by atoms with Crippen LogP contribution in [0.2, 0.25) is 0 Å². The molecule has 0 amide bonds. The lowest BCUT2D eigenvalue weighted by atomic mass is 9.68. The molecule has 47 heavy (non-hydrogen) atoms. The van der Waals surface area contributed by atoms with Crippen molar-refractivity contribution >= 4 is 0 Å². The van der Waals surface area contributed by atoms with Crippen LogP contribution in [0.25, 0.3) is 16.8 Å². The third kappa shape index (κ3) is 5.26. The Kier molecular flexibility index (Phi) is 7.24. The van der Waals surface area contributed by atoms with Gasteiger partial charge in [0.15, 0.2) is 0 Å². The molecule has 4 aromatic carbocycles. The van der Waals surface area contributed by atoms with Crippen molar-refractivity contribution in [3.63, 3.8) is 0 Å². The van der Waals surface area contributed by atoms with Crippen LogP contribution in [0.1, 0.15) is 86.4 Å². The molecule has 0 unspecified atom stereocenters. The molecule has 1 aliphatic rings. The molecule has 0 saturated heterocycles. The van der Waals surface area contributed by atoms with Crippen molar-refractivity contribution in [3.8, 4) is 28.3 Å². The molecule has 0 N–H and O–H groups in total. The molecule has 0 fully saturated rings. The van der Waals surface area contributed by atoms with Gasteiger partial charge in [0, 0.05) is 18.0 Å². The zero-order valence-electron chi connectivity index (χ0n) is 28.7. The summed E-state index contributed by atoms with van der Waals surface area (Å²) in [6.45, 7) is 17.8. The summed E-state index contributed by atoms with van der Waals surface area (Å²) in [5.41, 5.74) is 12.1. The van der Waals surface area contributed by atoms with E-state index in [1.807, 2.05) is 48.1 Å². The molecular formula is C43H43N3O. The summed E-state index contributed by atoms with van der Waals surface area (Å²) < 4.78 is 8.60. The van der Waals surface area contributed by atoms with E-state index in [0.717, 1.165) is 39.8 Å². The summed E-state index contributed by atoms with van der Waals surface area (Å²) in [5.74, 6) is 1.54. The zero-order chi connectivity index (χ0) is 33.1. The van der Waals surface area contributed by atoms with Gasteiger partial charge in [-0.2, -0.15) is 5.10 Å². The molecule has 2 heterocycles. The molecule has 0 aliphatic heterocycles. The van der Waals surface area contributed by atoms with E-state index in [2.05, 4.69) is 132 Å². The molecule has 0 bridgehead atoms. The summed E-state index contributed by atoms with van der Waals surface area (Å²) in [5, 5.41) is 4.68. The lowest BCUT2D eigenvalue weighted by Crippen LogP contribution is -2.30. The molecule has 0 spiro atoms. The van der Waals surface area contributed by atoms with E-state index in [-0.39, 0.29) is 10.8 Å². The van der Waals surface area contributed by atoms with Gasteiger partial charge in [0.2, 0.25) is 0 Å². The average Bonchev–Trinajstić information content (AvgIpc) is 3.54. The first-order valence-electron chi connectivity index (χ1n) is 16.5. The highest BCUT2D eigenvalue weighted by Crippen LogP contribution is 2.57. The quantitative estimate of drug-likeness (QED) is 0.193. The van der Waals surface area contributed by atoms with E-state index in [0.29, 0.717) is 0 Å². The van der Waals surface area contributed by atoms with Gasteiger partial charge in [-0.25, -0.2) is 4.68 Å². The number of hydrogen-bond donors (Lipinski definition) is 0. The van der Waals surface area contributed by atoms with E-state index >= 15 is 0 Å². The van der Waals surface area contributed by atoms with Gasteiger partial charge in [0.1, 0.15) is 11.5 Å². The molecule has 4 heteroatoms. The fourth-order valence-electron chi connectivity index (χ4n) is 7.07. The second kappa shape index (κ2) is 11.1.